The standard InChI is InChI=1S/C16H16N4O3/c1-3-8-20-14-12(15(22)19(2)16(20)23)13(21)11(18-14)9-10-4-6-17-7-5-10/h4-7,9,18H,3,8H2,1-2H3/b11-9+. The number of hydrogen-bond acceptors (Lipinski definition) is 5. The third kappa shape index (κ3) is 2.40. The van der Waals surface area contributed by atoms with E-state index >= 15 is 0 Å². The van der Waals surface area contributed by atoms with Crippen LogP contribution in [0.5, 0.6) is 0 Å². The van der Waals surface area contributed by atoms with Crippen molar-refractivity contribution in [3.8, 4) is 0 Å². The summed E-state index contributed by atoms with van der Waals surface area (Å²) >= 11 is 0. The minimum atomic E-state index is -0.576. The Kier molecular flexibility index (Phi) is 3.69. The van der Waals surface area contributed by atoms with Gasteiger partial charge in [-0.15, -0.1) is 0 Å². The van der Waals surface area contributed by atoms with E-state index in [1.54, 1.807) is 30.6 Å². The first-order chi connectivity index (χ1) is 11.0. The van der Waals surface area contributed by atoms with Gasteiger partial charge in [0.05, 0.1) is 5.70 Å². The first-order valence-electron chi connectivity index (χ1n) is 7.32. The van der Waals surface area contributed by atoms with Gasteiger partial charge in [0.15, 0.2) is 0 Å². The fraction of sp³-hybridized carbons (Fsp3) is 0.250. The summed E-state index contributed by atoms with van der Waals surface area (Å²) in [7, 11) is 1.38. The van der Waals surface area contributed by atoms with Crippen LogP contribution < -0.4 is 16.6 Å². The van der Waals surface area contributed by atoms with Crippen molar-refractivity contribution in [2.45, 2.75) is 19.9 Å². The highest BCUT2D eigenvalue weighted by Gasteiger charge is 2.32. The minimum Gasteiger partial charge on any atom is -0.338 e. The highest BCUT2D eigenvalue weighted by Crippen LogP contribution is 2.25. The van der Waals surface area contributed by atoms with Gasteiger partial charge in [0, 0.05) is 26.0 Å². The molecule has 0 amide bonds. The number of aromatic nitrogens is 3. The zero-order valence-corrected chi connectivity index (χ0v) is 12.9. The predicted molar refractivity (Wildman–Crippen MR) is 86.4 cm³/mol. The fourth-order valence-corrected chi connectivity index (χ4v) is 2.58. The molecule has 23 heavy (non-hydrogen) atoms. The Morgan fingerprint density at radius 3 is 2.57 bits per heavy atom. The van der Waals surface area contributed by atoms with Gasteiger partial charge in [-0.2, -0.15) is 0 Å². The molecule has 0 bridgehead atoms. The van der Waals surface area contributed by atoms with Crippen LogP contribution in [0.25, 0.3) is 6.08 Å². The summed E-state index contributed by atoms with van der Waals surface area (Å²) in [6.45, 7) is 2.35. The molecule has 3 heterocycles. The smallest absolute Gasteiger partial charge is 0.332 e. The van der Waals surface area contributed by atoms with Gasteiger partial charge in [-0.1, -0.05) is 6.92 Å². The van der Waals surface area contributed by atoms with E-state index in [-0.39, 0.29) is 17.1 Å². The van der Waals surface area contributed by atoms with E-state index in [2.05, 4.69) is 10.3 Å². The molecule has 0 aromatic carbocycles. The second kappa shape index (κ2) is 5.68. The molecule has 1 N–H and O–H groups in total. The van der Waals surface area contributed by atoms with Crippen LogP contribution in [0.2, 0.25) is 0 Å². The molecular weight excluding hydrogens is 296 g/mol. The maximum atomic E-state index is 12.6. The van der Waals surface area contributed by atoms with Crippen molar-refractivity contribution in [1.29, 1.82) is 0 Å². The molecule has 0 fully saturated rings. The van der Waals surface area contributed by atoms with Crippen LogP contribution in [-0.2, 0) is 13.6 Å². The Hall–Kier alpha value is -2.96. The number of allylic oxidation sites excluding steroid dienone is 1. The highest BCUT2D eigenvalue weighted by molar-refractivity contribution is 6.19. The van der Waals surface area contributed by atoms with Crippen molar-refractivity contribution in [2.24, 2.45) is 7.05 Å². The number of hydrogen-bond donors (Lipinski definition) is 1. The normalized spacial score (nSPS) is 14.9. The van der Waals surface area contributed by atoms with E-state index in [9.17, 15) is 14.4 Å². The number of rotatable bonds is 3. The molecule has 0 saturated carbocycles. The SMILES string of the molecule is CCCn1c2c(c(=O)n(C)c1=O)C(=O)/C(=C\c1ccncc1)N2. The van der Waals surface area contributed by atoms with E-state index in [0.717, 1.165) is 10.1 Å². The van der Waals surface area contributed by atoms with E-state index in [1.807, 2.05) is 6.92 Å². The van der Waals surface area contributed by atoms with Crippen molar-refractivity contribution in [2.75, 3.05) is 5.32 Å². The highest BCUT2D eigenvalue weighted by atomic mass is 16.2. The number of nitrogens with one attached hydrogen (secondary N) is 1. The van der Waals surface area contributed by atoms with Crippen LogP contribution in [-0.4, -0.2) is 19.9 Å². The lowest BCUT2D eigenvalue weighted by Gasteiger charge is -2.11. The number of ketones is 1. The molecule has 7 nitrogen and oxygen atoms in total. The Bertz CT molecular complexity index is 923. The number of Topliss-reactive ketones (excluding diaryl/α,β-unsaturated/α-hetero) is 1. The molecule has 2 aromatic rings. The largest absolute Gasteiger partial charge is 0.338 e. The van der Waals surface area contributed by atoms with Gasteiger partial charge in [0.1, 0.15) is 11.4 Å². The molecule has 3 rings (SSSR count). The van der Waals surface area contributed by atoms with Gasteiger partial charge in [0.2, 0.25) is 5.78 Å². The molecule has 0 spiro atoms. The third-order valence-corrected chi connectivity index (χ3v) is 3.73. The molecular formula is C16H16N4O3. The Morgan fingerprint density at radius 1 is 1.22 bits per heavy atom. The van der Waals surface area contributed by atoms with Crippen molar-refractivity contribution >= 4 is 17.7 Å². The fourth-order valence-electron chi connectivity index (χ4n) is 2.58. The molecule has 2 aromatic heterocycles. The summed E-state index contributed by atoms with van der Waals surface area (Å²) in [5.41, 5.74) is 0.0681. The number of fused-ring (bicyclic) bond motifs is 1. The molecule has 1 aliphatic heterocycles. The summed E-state index contributed by atoms with van der Waals surface area (Å²) in [5.74, 6) is -0.118. The molecule has 0 saturated heterocycles. The summed E-state index contributed by atoms with van der Waals surface area (Å²) < 4.78 is 2.41. The average molecular weight is 312 g/mol. The lowest BCUT2D eigenvalue weighted by atomic mass is 10.1. The minimum absolute atomic E-state index is 0.0147. The lowest BCUT2D eigenvalue weighted by Crippen LogP contribution is -2.40. The molecule has 0 unspecified atom stereocenters. The Balaban J connectivity index is 2.18. The molecule has 0 aliphatic carbocycles. The van der Waals surface area contributed by atoms with Crippen LogP contribution in [0, 0.1) is 0 Å². The zero-order chi connectivity index (χ0) is 16.6. The van der Waals surface area contributed by atoms with Crippen LogP contribution >= 0.6 is 0 Å². The van der Waals surface area contributed by atoms with E-state index in [0.29, 0.717) is 13.0 Å². The topological polar surface area (TPSA) is 86.0 Å². The van der Waals surface area contributed by atoms with Gasteiger partial charge < -0.3 is 5.32 Å². The van der Waals surface area contributed by atoms with Crippen LogP contribution in [0.15, 0.2) is 39.8 Å². The number of nitrogens with zero attached hydrogens (tertiary/aromatic N) is 3. The van der Waals surface area contributed by atoms with Crippen LogP contribution in [0.3, 0.4) is 0 Å². The van der Waals surface area contributed by atoms with E-state index < -0.39 is 17.0 Å². The maximum Gasteiger partial charge on any atom is 0.332 e. The molecule has 7 heteroatoms. The first kappa shape index (κ1) is 15.0. The number of carbonyl (C=O) groups excluding carboxylic acids is 1. The van der Waals surface area contributed by atoms with Crippen molar-refractivity contribution in [3.05, 3.63) is 62.2 Å². The molecule has 0 atom stereocenters. The van der Waals surface area contributed by atoms with Crippen molar-refractivity contribution in [3.63, 3.8) is 0 Å². The quantitative estimate of drug-likeness (QED) is 0.855. The molecule has 118 valence electrons. The number of pyridine rings is 1. The second-order valence-corrected chi connectivity index (χ2v) is 5.31. The summed E-state index contributed by atoms with van der Waals surface area (Å²) in [6.07, 6.45) is 5.59. The predicted octanol–water partition coefficient (Wildman–Crippen LogP) is 1.00. The molecule has 0 radical (unpaired) electrons. The van der Waals surface area contributed by atoms with E-state index in [1.165, 1.54) is 11.6 Å². The summed E-state index contributed by atoms with van der Waals surface area (Å²) in [4.78, 5) is 41.0. The van der Waals surface area contributed by atoms with Crippen molar-refractivity contribution < 1.29 is 4.79 Å². The maximum absolute atomic E-state index is 12.6. The Labute approximate surface area is 131 Å². The van der Waals surface area contributed by atoms with Gasteiger partial charge in [-0.05, 0) is 30.2 Å². The number of anilines is 1. The number of carbonyl (C=O) groups is 1. The second-order valence-electron chi connectivity index (χ2n) is 5.31. The summed E-state index contributed by atoms with van der Waals surface area (Å²) in [6, 6.07) is 3.50. The lowest BCUT2D eigenvalue weighted by molar-refractivity contribution is 0.104. The first-order valence-corrected chi connectivity index (χ1v) is 7.32. The Morgan fingerprint density at radius 2 is 1.91 bits per heavy atom. The third-order valence-electron chi connectivity index (χ3n) is 3.73. The van der Waals surface area contributed by atoms with Crippen LogP contribution in [0.1, 0.15) is 29.3 Å². The van der Waals surface area contributed by atoms with Gasteiger partial charge in [0.25, 0.3) is 5.56 Å². The van der Waals surface area contributed by atoms with Gasteiger partial charge >= 0.3 is 5.69 Å². The monoisotopic (exact) mass is 312 g/mol. The van der Waals surface area contributed by atoms with Gasteiger partial charge in [-0.25, -0.2) is 4.79 Å². The van der Waals surface area contributed by atoms with E-state index in [4.69, 9.17) is 0 Å². The zero-order valence-electron chi connectivity index (χ0n) is 12.9. The summed E-state index contributed by atoms with van der Waals surface area (Å²) in [5, 5.41) is 2.94. The van der Waals surface area contributed by atoms with Gasteiger partial charge in [-0.3, -0.25) is 23.7 Å². The van der Waals surface area contributed by atoms with Crippen molar-refractivity contribution in [1.82, 2.24) is 14.1 Å². The van der Waals surface area contributed by atoms with Crippen LogP contribution in [0.4, 0.5) is 5.82 Å². The molecule has 1 aliphatic rings. The average Bonchev–Trinajstić information content (AvgIpc) is 2.87.